The van der Waals surface area contributed by atoms with Gasteiger partial charge in [-0.05, 0) is 81.1 Å². The van der Waals surface area contributed by atoms with Crippen molar-refractivity contribution in [3.05, 3.63) is 0 Å². The first-order valence-electron chi connectivity index (χ1n) is 8.37. The minimum atomic E-state index is 0.600. The van der Waals surface area contributed by atoms with Crippen LogP contribution in [0, 0.1) is 23.2 Å². The molecule has 18 heavy (non-hydrogen) atoms. The number of hydrogen-bond donors (Lipinski definition) is 1. The third-order valence-corrected chi connectivity index (χ3v) is 5.67. The second-order valence-corrected chi connectivity index (χ2v) is 8.04. The minimum Gasteiger partial charge on any atom is -0.314 e. The molecule has 0 saturated heterocycles. The lowest BCUT2D eigenvalue weighted by molar-refractivity contribution is 0.303. The molecule has 3 aliphatic rings. The van der Waals surface area contributed by atoms with Crippen molar-refractivity contribution < 1.29 is 0 Å². The van der Waals surface area contributed by atoms with E-state index in [-0.39, 0.29) is 0 Å². The van der Waals surface area contributed by atoms with Gasteiger partial charge in [0.25, 0.3) is 0 Å². The van der Waals surface area contributed by atoms with Gasteiger partial charge in [-0.3, -0.25) is 0 Å². The fraction of sp³-hybridized carbons (Fsp3) is 1.00. The molecule has 1 unspecified atom stereocenters. The fourth-order valence-corrected chi connectivity index (χ4v) is 3.94. The lowest BCUT2D eigenvalue weighted by Gasteiger charge is -2.23. The van der Waals surface area contributed by atoms with E-state index in [2.05, 4.69) is 19.2 Å². The van der Waals surface area contributed by atoms with E-state index >= 15 is 0 Å². The maximum absolute atomic E-state index is 3.94. The van der Waals surface area contributed by atoms with Crippen LogP contribution in [0.1, 0.15) is 71.6 Å². The average molecular weight is 249 g/mol. The Bertz CT molecular complexity index is 263. The van der Waals surface area contributed by atoms with Crippen molar-refractivity contribution in [2.75, 3.05) is 6.54 Å². The lowest BCUT2D eigenvalue weighted by atomic mass is 9.85. The molecule has 1 nitrogen and oxygen atoms in total. The van der Waals surface area contributed by atoms with E-state index < -0.39 is 0 Å². The van der Waals surface area contributed by atoms with Gasteiger partial charge < -0.3 is 5.32 Å². The van der Waals surface area contributed by atoms with Crippen LogP contribution in [0.5, 0.6) is 0 Å². The van der Waals surface area contributed by atoms with Crippen molar-refractivity contribution in [1.29, 1.82) is 0 Å². The molecule has 0 radical (unpaired) electrons. The Morgan fingerprint density at radius 1 is 0.944 bits per heavy atom. The van der Waals surface area contributed by atoms with Crippen LogP contribution in [0.2, 0.25) is 0 Å². The average Bonchev–Trinajstić information content (AvgIpc) is 3.15. The highest BCUT2D eigenvalue weighted by atomic mass is 14.9. The van der Waals surface area contributed by atoms with Gasteiger partial charge in [0.1, 0.15) is 0 Å². The van der Waals surface area contributed by atoms with Crippen LogP contribution in [0.3, 0.4) is 0 Å². The first kappa shape index (κ1) is 13.0. The van der Waals surface area contributed by atoms with Crippen LogP contribution in [0.15, 0.2) is 0 Å². The SMILES string of the molecule is CC1(C)CCCC(NCC(C2CC2)C2CC2)CC1. The number of nitrogens with one attached hydrogen (secondary N) is 1. The molecule has 1 atom stereocenters. The van der Waals surface area contributed by atoms with Gasteiger partial charge in [0, 0.05) is 6.04 Å². The zero-order valence-electron chi connectivity index (χ0n) is 12.4. The molecule has 1 N–H and O–H groups in total. The van der Waals surface area contributed by atoms with Crippen LogP contribution < -0.4 is 5.32 Å². The highest BCUT2D eigenvalue weighted by molar-refractivity contribution is 4.93. The van der Waals surface area contributed by atoms with Crippen molar-refractivity contribution in [2.24, 2.45) is 23.2 Å². The Balaban J connectivity index is 1.44. The Labute approximate surface area is 113 Å². The summed E-state index contributed by atoms with van der Waals surface area (Å²) in [6.07, 6.45) is 13.2. The minimum absolute atomic E-state index is 0.600. The van der Waals surface area contributed by atoms with E-state index in [0.717, 1.165) is 23.8 Å². The molecule has 1 heteroatoms. The van der Waals surface area contributed by atoms with Crippen molar-refractivity contribution in [2.45, 2.75) is 77.7 Å². The smallest absolute Gasteiger partial charge is 0.00673 e. The highest BCUT2D eigenvalue weighted by Crippen LogP contribution is 2.49. The van der Waals surface area contributed by atoms with Crippen molar-refractivity contribution in [3.8, 4) is 0 Å². The molecule has 3 saturated carbocycles. The molecule has 0 aliphatic heterocycles. The summed E-state index contributed by atoms with van der Waals surface area (Å²) in [4.78, 5) is 0. The summed E-state index contributed by atoms with van der Waals surface area (Å²) in [6, 6.07) is 0.826. The van der Waals surface area contributed by atoms with Crippen LogP contribution >= 0.6 is 0 Å². The molecule has 0 heterocycles. The highest BCUT2D eigenvalue weighted by Gasteiger charge is 2.41. The maximum atomic E-state index is 3.94. The molecule has 0 aromatic heterocycles. The molecule has 3 aliphatic carbocycles. The van der Waals surface area contributed by atoms with Crippen LogP contribution in [-0.4, -0.2) is 12.6 Å². The monoisotopic (exact) mass is 249 g/mol. The van der Waals surface area contributed by atoms with Gasteiger partial charge in [-0.25, -0.2) is 0 Å². The Morgan fingerprint density at radius 2 is 1.61 bits per heavy atom. The predicted molar refractivity (Wildman–Crippen MR) is 77.6 cm³/mol. The van der Waals surface area contributed by atoms with Gasteiger partial charge >= 0.3 is 0 Å². The lowest BCUT2D eigenvalue weighted by Crippen LogP contribution is -2.34. The van der Waals surface area contributed by atoms with Crippen molar-refractivity contribution >= 4 is 0 Å². The van der Waals surface area contributed by atoms with Gasteiger partial charge in [0.2, 0.25) is 0 Å². The largest absolute Gasteiger partial charge is 0.314 e. The summed E-state index contributed by atoms with van der Waals surface area (Å²) in [5, 5.41) is 3.94. The summed E-state index contributed by atoms with van der Waals surface area (Å²) in [7, 11) is 0. The van der Waals surface area contributed by atoms with Crippen molar-refractivity contribution in [3.63, 3.8) is 0 Å². The molecular weight excluding hydrogens is 218 g/mol. The Kier molecular flexibility index (Phi) is 3.71. The van der Waals surface area contributed by atoms with Gasteiger partial charge in [0.05, 0.1) is 0 Å². The van der Waals surface area contributed by atoms with E-state index in [1.807, 2.05) is 0 Å². The zero-order valence-corrected chi connectivity index (χ0v) is 12.4. The van der Waals surface area contributed by atoms with Gasteiger partial charge in [-0.2, -0.15) is 0 Å². The standard InChI is InChI=1S/C17H31N/c1-17(2)10-3-4-15(9-11-17)18-12-16(13-5-6-13)14-7-8-14/h13-16,18H,3-12H2,1-2H3. The van der Waals surface area contributed by atoms with E-state index in [4.69, 9.17) is 0 Å². The first-order chi connectivity index (χ1) is 8.64. The van der Waals surface area contributed by atoms with E-state index in [0.29, 0.717) is 5.41 Å². The summed E-state index contributed by atoms with van der Waals surface area (Å²) in [5.74, 6) is 3.25. The zero-order chi connectivity index (χ0) is 12.6. The quantitative estimate of drug-likeness (QED) is 0.713. The molecular formula is C17H31N. The molecule has 0 bridgehead atoms. The normalized spacial score (nSPS) is 32.5. The number of rotatable bonds is 5. The topological polar surface area (TPSA) is 12.0 Å². The van der Waals surface area contributed by atoms with Gasteiger partial charge in [0.15, 0.2) is 0 Å². The summed E-state index contributed by atoms with van der Waals surface area (Å²) >= 11 is 0. The second kappa shape index (κ2) is 5.15. The van der Waals surface area contributed by atoms with Crippen molar-refractivity contribution in [1.82, 2.24) is 5.32 Å². The van der Waals surface area contributed by atoms with E-state index in [1.54, 1.807) is 0 Å². The van der Waals surface area contributed by atoms with Crippen LogP contribution in [0.4, 0.5) is 0 Å². The molecule has 0 aromatic rings. The van der Waals surface area contributed by atoms with Crippen LogP contribution in [0.25, 0.3) is 0 Å². The summed E-state index contributed by atoms with van der Waals surface area (Å²) < 4.78 is 0. The maximum Gasteiger partial charge on any atom is 0.00673 e. The Morgan fingerprint density at radius 3 is 2.22 bits per heavy atom. The second-order valence-electron chi connectivity index (χ2n) is 8.04. The molecule has 3 rings (SSSR count). The Hall–Kier alpha value is -0.0400. The van der Waals surface area contributed by atoms with E-state index in [9.17, 15) is 0 Å². The third kappa shape index (κ3) is 3.50. The predicted octanol–water partition coefficient (Wildman–Crippen LogP) is 4.37. The molecule has 0 aromatic carbocycles. The first-order valence-corrected chi connectivity index (χ1v) is 8.37. The number of hydrogen-bond acceptors (Lipinski definition) is 1. The van der Waals surface area contributed by atoms with Gasteiger partial charge in [-0.15, -0.1) is 0 Å². The third-order valence-electron chi connectivity index (χ3n) is 5.67. The summed E-state index contributed by atoms with van der Waals surface area (Å²) in [6.45, 7) is 6.24. The molecule has 0 amide bonds. The van der Waals surface area contributed by atoms with Crippen LogP contribution in [-0.2, 0) is 0 Å². The molecule has 104 valence electrons. The van der Waals surface area contributed by atoms with E-state index in [1.165, 1.54) is 64.3 Å². The molecule has 3 fully saturated rings. The fourth-order valence-electron chi connectivity index (χ4n) is 3.94. The van der Waals surface area contributed by atoms with Gasteiger partial charge in [-0.1, -0.05) is 20.3 Å². The molecule has 0 spiro atoms. The summed E-state index contributed by atoms with van der Waals surface area (Å²) in [5.41, 5.74) is 0.600.